The van der Waals surface area contributed by atoms with E-state index in [-0.39, 0.29) is 30.1 Å². The standard InChI is InChI=1S/C10H13N3O3.ClH/c14-13(15)9-4-2-6-12-10(9)16-8-3-1-5-11-7-8;/h2,4,6,8,11H,1,3,5,7H2;1H/t8-;/m0./s1. The van der Waals surface area contributed by atoms with Gasteiger partial charge in [0.05, 0.1) is 4.92 Å². The molecular weight excluding hydrogens is 246 g/mol. The molecule has 17 heavy (non-hydrogen) atoms. The fraction of sp³-hybridized carbons (Fsp3) is 0.500. The van der Waals surface area contributed by atoms with Gasteiger partial charge in [0.1, 0.15) is 6.10 Å². The zero-order valence-corrected chi connectivity index (χ0v) is 9.98. The third-order valence-electron chi connectivity index (χ3n) is 2.48. The second-order valence-electron chi connectivity index (χ2n) is 3.67. The SMILES string of the molecule is Cl.O=[N+]([O-])c1cccnc1O[C@H]1CCCNC1. The van der Waals surface area contributed by atoms with Gasteiger partial charge in [0.15, 0.2) is 0 Å². The number of piperidine rings is 1. The Bertz CT molecular complexity index is 383. The van der Waals surface area contributed by atoms with Crippen LogP contribution in [-0.4, -0.2) is 29.1 Å². The van der Waals surface area contributed by atoms with E-state index in [4.69, 9.17) is 4.74 Å². The molecule has 0 aromatic carbocycles. The second kappa shape index (κ2) is 6.36. The highest BCUT2D eigenvalue weighted by molar-refractivity contribution is 5.85. The summed E-state index contributed by atoms with van der Waals surface area (Å²) in [6.45, 7) is 1.69. The molecule has 1 aromatic rings. The van der Waals surface area contributed by atoms with Crippen molar-refractivity contribution in [2.45, 2.75) is 18.9 Å². The van der Waals surface area contributed by atoms with Gasteiger partial charge in [-0.2, -0.15) is 0 Å². The zero-order valence-electron chi connectivity index (χ0n) is 9.17. The van der Waals surface area contributed by atoms with Gasteiger partial charge in [-0.05, 0) is 25.5 Å². The lowest BCUT2D eigenvalue weighted by molar-refractivity contribution is -0.386. The number of rotatable bonds is 3. The van der Waals surface area contributed by atoms with Gasteiger partial charge in [0.25, 0.3) is 5.88 Å². The topological polar surface area (TPSA) is 77.3 Å². The summed E-state index contributed by atoms with van der Waals surface area (Å²) in [6.07, 6.45) is 3.40. The largest absolute Gasteiger partial charge is 0.468 e. The smallest absolute Gasteiger partial charge is 0.330 e. The lowest BCUT2D eigenvalue weighted by atomic mass is 10.1. The summed E-state index contributed by atoms with van der Waals surface area (Å²) in [7, 11) is 0. The Kier molecular flexibility index (Phi) is 5.11. The maximum Gasteiger partial charge on any atom is 0.330 e. The molecule has 1 fully saturated rings. The number of nitrogens with one attached hydrogen (secondary N) is 1. The Labute approximate surface area is 105 Å². The molecule has 0 radical (unpaired) electrons. The van der Waals surface area contributed by atoms with E-state index in [1.807, 2.05) is 0 Å². The van der Waals surface area contributed by atoms with E-state index in [9.17, 15) is 10.1 Å². The first kappa shape index (κ1) is 13.7. The van der Waals surface area contributed by atoms with Crippen molar-refractivity contribution < 1.29 is 9.66 Å². The van der Waals surface area contributed by atoms with Crippen molar-refractivity contribution >= 4 is 18.1 Å². The molecule has 0 aliphatic carbocycles. The molecule has 0 spiro atoms. The molecule has 1 saturated heterocycles. The predicted molar refractivity (Wildman–Crippen MR) is 64.7 cm³/mol. The highest BCUT2D eigenvalue weighted by atomic mass is 35.5. The van der Waals surface area contributed by atoms with Gasteiger partial charge in [-0.15, -0.1) is 12.4 Å². The molecule has 1 aliphatic rings. The Morgan fingerprint density at radius 3 is 3.06 bits per heavy atom. The molecule has 0 unspecified atom stereocenters. The van der Waals surface area contributed by atoms with E-state index in [1.54, 1.807) is 0 Å². The minimum absolute atomic E-state index is 0. The second-order valence-corrected chi connectivity index (χ2v) is 3.67. The summed E-state index contributed by atoms with van der Waals surface area (Å²) in [5.74, 6) is 0.112. The fourth-order valence-electron chi connectivity index (χ4n) is 1.69. The maximum absolute atomic E-state index is 10.7. The number of aromatic nitrogens is 1. The van der Waals surface area contributed by atoms with Crippen LogP contribution in [0.25, 0.3) is 0 Å². The number of halogens is 1. The summed E-state index contributed by atoms with van der Waals surface area (Å²) in [5, 5.41) is 13.9. The van der Waals surface area contributed by atoms with Gasteiger partial charge in [-0.25, -0.2) is 4.98 Å². The van der Waals surface area contributed by atoms with Crippen molar-refractivity contribution in [2.24, 2.45) is 0 Å². The first-order valence-electron chi connectivity index (χ1n) is 5.24. The van der Waals surface area contributed by atoms with E-state index in [1.165, 1.54) is 18.3 Å². The van der Waals surface area contributed by atoms with Crippen LogP contribution in [-0.2, 0) is 0 Å². The zero-order chi connectivity index (χ0) is 11.4. The normalized spacial score (nSPS) is 19.2. The van der Waals surface area contributed by atoms with Gasteiger partial charge in [0.2, 0.25) is 0 Å². The summed E-state index contributed by atoms with van der Waals surface area (Å²) in [6, 6.07) is 2.93. The predicted octanol–water partition coefficient (Wildman–Crippen LogP) is 1.54. The minimum atomic E-state index is -0.474. The van der Waals surface area contributed by atoms with Gasteiger partial charge < -0.3 is 10.1 Å². The highest BCUT2D eigenvalue weighted by Crippen LogP contribution is 2.24. The lowest BCUT2D eigenvalue weighted by Gasteiger charge is -2.22. The lowest BCUT2D eigenvalue weighted by Crippen LogP contribution is -2.37. The third kappa shape index (κ3) is 3.54. The molecule has 2 heterocycles. The van der Waals surface area contributed by atoms with Crippen LogP contribution < -0.4 is 10.1 Å². The van der Waals surface area contributed by atoms with E-state index < -0.39 is 4.92 Å². The molecule has 1 aliphatic heterocycles. The molecule has 0 amide bonds. The van der Waals surface area contributed by atoms with Crippen molar-refractivity contribution in [2.75, 3.05) is 13.1 Å². The van der Waals surface area contributed by atoms with Crippen LogP contribution in [0.5, 0.6) is 5.88 Å². The number of hydrogen-bond donors (Lipinski definition) is 1. The molecule has 1 N–H and O–H groups in total. The van der Waals surface area contributed by atoms with Crippen LogP contribution in [0.15, 0.2) is 18.3 Å². The first-order chi connectivity index (χ1) is 7.77. The molecule has 0 bridgehead atoms. The quantitative estimate of drug-likeness (QED) is 0.658. The fourth-order valence-corrected chi connectivity index (χ4v) is 1.69. The first-order valence-corrected chi connectivity index (χ1v) is 5.24. The number of pyridine rings is 1. The summed E-state index contributed by atoms with van der Waals surface area (Å²) in [5.41, 5.74) is -0.0759. The van der Waals surface area contributed by atoms with Crippen LogP contribution in [0, 0.1) is 10.1 Å². The third-order valence-corrected chi connectivity index (χ3v) is 2.48. The van der Waals surface area contributed by atoms with E-state index in [0.717, 1.165) is 19.4 Å². The Balaban J connectivity index is 0.00000144. The number of hydrogen-bond acceptors (Lipinski definition) is 5. The highest BCUT2D eigenvalue weighted by Gasteiger charge is 2.21. The number of nitro groups is 1. The van der Waals surface area contributed by atoms with Crippen LogP contribution in [0.1, 0.15) is 12.8 Å². The Hall–Kier alpha value is -1.40. The summed E-state index contributed by atoms with van der Waals surface area (Å²) >= 11 is 0. The van der Waals surface area contributed by atoms with Crippen LogP contribution in [0.3, 0.4) is 0 Å². The average molecular weight is 260 g/mol. The van der Waals surface area contributed by atoms with Crippen LogP contribution >= 0.6 is 12.4 Å². The van der Waals surface area contributed by atoms with Crippen molar-refractivity contribution in [1.82, 2.24) is 10.3 Å². The average Bonchev–Trinajstić information content (AvgIpc) is 2.31. The molecule has 94 valence electrons. The molecule has 7 heteroatoms. The van der Waals surface area contributed by atoms with E-state index in [2.05, 4.69) is 10.3 Å². The van der Waals surface area contributed by atoms with Crippen molar-refractivity contribution in [3.05, 3.63) is 28.4 Å². The molecule has 6 nitrogen and oxygen atoms in total. The monoisotopic (exact) mass is 259 g/mol. The van der Waals surface area contributed by atoms with Crippen LogP contribution in [0.2, 0.25) is 0 Å². The van der Waals surface area contributed by atoms with Gasteiger partial charge in [-0.3, -0.25) is 10.1 Å². The summed E-state index contributed by atoms with van der Waals surface area (Å²) < 4.78 is 5.53. The van der Waals surface area contributed by atoms with Crippen molar-refractivity contribution in [3.63, 3.8) is 0 Å². The van der Waals surface area contributed by atoms with Crippen molar-refractivity contribution in [3.8, 4) is 5.88 Å². The molecule has 1 aromatic heterocycles. The van der Waals surface area contributed by atoms with Gasteiger partial charge in [0, 0.05) is 18.8 Å². The maximum atomic E-state index is 10.7. The Morgan fingerprint density at radius 2 is 2.41 bits per heavy atom. The molecular formula is C10H14ClN3O3. The van der Waals surface area contributed by atoms with E-state index in [0.29, 0.717) is 6.54 Å². The van der Waals surface area contributed by atoms with Gasteiger partial charge >= 0.3 is 5.69 Å². The number of nitrogens with zero attached hydrogens (tertiary/aromatic N) is 2. The Morgan fingerprint density at radius 1 is 1.59 bits per heavy atom. The minimum Gasteiger partial charge on any atom is -0.468 e. The van der Waals surface area contributed by atoms with Gasteiger partial charge in [-0.1, -0.05) is 0 Å². The van der Waals surface area contributed by atoms with Crippen LogP contribution in [0.4, 0.5) is 5.69 Å². The number of ether oxygens (including phenoxy) is 1. The summed E-state index contributed by atoms with van der Waals surface area (Å²) in [4.78, 5) is 14.2. The van der Waals surface area contributed by atoms with Crippen molar-refractivity contribution in [1.29, 1.82) is 0 Å². The molecule has 2 rings (SSSR count). The molecule has 0 saturated carbocycles. The molecule has 1 atom stereocenters. The van der Waals surface area contributed by atoms with E-state index >= 15 is 0 Å².